The lowest BCUT2D eigenvalue weighted by Gasteiger charge is -2.33. The van der Waals surface area contributed by atoms with Crippen LogP contribution in [0, 0.1) is 6.92 Å². The number of alkyl halides is 2. The zero-order chi connectivity index (χ0) is 23.1. The van der Waals surface area contributed by atoms with E-state index in [0.29, 0.717) is 68.7 Å². The number of hydrogen-bond acceptors (Lipinski definition) is 6. The average Bonchev–Trinajstić information content (AvgIpc) is 3.21. The second-order valence-corrected chi connectivity index (χ2v) is 8.66. The van der Waals surface area contributed by atoms with Crippen molar-refractivity contribution < 1.29 is 27.8 Å². The van der Waals surface area contributed by atoms with Gasteiger partial charge in [-0.1, -0.05) is 0 Å². The summed E-state index contributed by atoms with van der Waals surface area (Å²) in [4.78, 5) is 15.9. The first kappa shape index (κ1) is 21.9. The average molecular weight is 462 g/mol. The Morgan fingerprint density at radius 1 is 1.21 bits per heavy atom. The highest BCUT2D eigenvalue weighted by atomic mass is 19.3. The number of fused-ring (bicyclic) bond motifs is 2. The van der Waals surface area contributed by atoms with Gasteiger partial charge in [0.1, 0.15) is 12.4 Å². The second-order valence-electron chi connectivity index (χ2n) is 8.66. The molecule has 5 rings (SSSR count). The molecule has 33 heavy (non-hydrogen) atoms. The SMILES string of the molecule is COC(=O)N1CCc2c(c(N3CCOc4cc(C)c(C(F)F)cc43)nn2C2CCOCC2)C1. The molecular formula is C23H28F2N4O4. The first-order valence-corrected chi connectivity index (χ1v) is 11.3. The van der Waals surface area contributed by atoms with Crippen molar-refractivity contribution >= 4 is 17.6 Å². The molecule has 0 bridgehead atoms. The van der Waals surface area contributed by atoms with Gasteiger partial charge in [0.15, 0.2) is 5.82 Å². The highest BCUT2D eigenvalue weighted by Gasteiger charge is 2.35. The predicted octanol–water partition coefficient (Wildman–Crippen LogP) is 4.14. The number of ether oxygens (including phenoxy) is 3. The maximum Gasteiger partial charge on any atom is 0.409 e. The second kappa shape index (κ2) is 8.81. The number of carbonyl (C=O) groups excluding carboxylic acids is 1. The van der Waals surface area contributed by atoms with Crippen LogP contribution in [0.3, 0.4) is 0 Å². The largest absolute Gasteiger partial charge is 0.490 e. The fourth-order valence-electron chi connectivity index (χ4n) is 5.00. The summed E-state index contributed by atoms with van der Waals surface area (Å²) in [6.45, 7) is 4.83. The number of nitrogens with zero attached hydrogens (tertiary/aromatic N) is 4. The van der Waals surface area contributed by atoms with Crippen LogP contribution in [-0.2, 0) is 22.4 Å². The number of rotatable bonds is 3. The minimum atomic E-state index is -2.58. The molecule has 8 nitrogen and oxygen atoms in total. The number of hydrogen-bond donors (Lipinski definition) is 0. The molecule has 2 aromatic rings. The Morgan fingerprint density at radius 2 is 2.00 bits per heavy atom. The lowest BCUT2D eigenvalue weighted by atomic mass is 10.0. The number of anilines is 2. The van der Waals surface area contributed by atoms with E-state index in [1.54, 1.807) is 17.9 Å². The summed E-state index contributed by atoms with van der Waals surface area (Å²) in [7, 11) is 1.37. The first-order chi connectivity index (χ1) is 16.0. The minimum absolute atomic E-state index is 0.0156. The fourth-order valence-corrected chi connectivity index (χ4v) is 5.00. The summed E-state index contributed by atoms with van der Waals surface area (Å²) < 4.78 is 45.7. The number of aryl methyl sites for hydroxylation is 1. The van der Waals surface area contributed by atoms with Crippen LogP contribution in [0.2, 0.25) is 0 Å². The highest BCUT2D eigenvalue weighted by molar-refractivity contribution is 5.74. The number of aromatic nitrogens is 2. The molecule has 3 aliphatic heterocycles. The van der Waals surface area contributed by atoms with Gasteiger partial charge in [0.25, 0.3) is 6.43 Å². The molecular weight excluding hydrogens is 434 g/mol. The van der Waals surface area contributed by atoms with Crippen LogP contribution < -0.4 is 9.64 Å². The van der Waals surface area contributed by atoms with Crippen molar-refractivity contribution in [3.05, 3.63) is 34.5 Å². The van der Waals surface area contributed by atoms with Crippen molar-refractivity contribution in [2.45, 2.75) is 45.2 Å². The summed E-state index contributed by atoms with van der Waals surface area (Å²) in [6, 6.07) is 3.39. The molecule has 10 heteroatoms. The van der Waals surface area contributed by atoms with Gasteiger partial charge >= 0.3 is 6.09 Å². The van der Waals surface area contributed by atoms with Crippen molar-refractivity contribution in [1.29, 1.82) is 0 Å². The van der Waals surface area contributed by atoms with Gasteiger partial charge in [-0.25, -0.2) is 13.6 Å². The molecule has 4 heterocycles. The van der Waals surface area contributed by atoms with E-state index in [0.717, 1.165) is 24.1 Å². The fraction of sp³-hybridized carbons (Fsp3) is 0.565. The van der Waals surface area contributed by atoms with Crippen molar-refractivity contribution in [3.8, 4) is 5.75 Å². The van der Waals surface area contributed by atoms with Gasteiger partial charge in [-0.05, 0) is 37.5 Å². The summed E-state index contributed by atoms with van der Waals surface area (Å²) in [5.41, 5.74) is 3.09. The van der Waals surface area contributed by atoms with E-state index < -0.39 is 6.43 Å². The lowest BCUT2D eigenvalue weighted by Crippen LogP contribution is -2.37. The van der Waals surface area contributed by atoms with Crippen molar-refractivity contribution in [2.75, 3.05) is 44.9 Å². The third kappa shape index (κ3) is 3.90. The summed E-state index contributed by atoms with van der Waals surface area (Å²) in [5, 5.41) is 5.02. The Bertz CT molecular complexity index is 1050. The van der Waals surface area contributed by atoms with Gasteiger partial charge in [-0.15, -0.1) is 0 Å². The van der Waals surface area contributed by atoms with E-state index in [9.17, 15) is 13.6 Å². The molecule has 1 aromatic carbocycles. The molecule has 1 amide bonds. The Balaban J connectivity index is 1.61. The van der Waals surface area contributed by atoms with Gasteiger partial charge in [0, 0.05) is 43.0 Å². The maximum absolute atomic E-state index is 13.7. The van der Waals surface area contributed by atoms with Crippen LogP contribution in [0.25, 0.3) is 0 Å². The molecule has 0 saturated carbocycles. The highest BCUT2D eigenvalue weighted by Crippen LogP contribution is 2.43. The molecule has 1 aromatic heterocycles. The third-order valence-electron chi connectivity index (χ3n) is 6.74. The Kier molecular flexibility index (Phi) is 5.86. The van der Waals surface area contributed by atoms with Gasteiger partial charge < -0.3 is 24.0 Å². The molecule has 0 N–H and O–H groups in total. The monoisotopic (exact) mass is 462 g/mol. The quantitative estimate of drug-likeness (QED) is 0.683. The van der Waals surface area contributed by atoms with E-state index in [1.807, 2.05) is 4.90 Å². The zero-order valence-corrected chi connectivity index (χ0v) is 18.9. The van der Waals surface area contributed by atoms with Gasteiger partial charge in [-0.3, -0.25) is 4.68 Å². The van der Waals surface area contributed by atoms with Crippen LogP contribution in [-0.4, -0.2) is 60.8 Å². The van der Waals surface area contributed by atoms with Gasteiger partial charge in [-0.2, -0.15) is 5.10 Å². The van der Waals surface area contributed by atoms with Crippen LogP contribution in [0.5, 0.6) is 5.75 Å². The van der Waals surface area contributed by atoms with Crippen molar-refractivity contribution in [2.24, 2.45) is 0 Å². The predicted molar refractivity (Wildman–Crippen MR) is 116 cm³/mol. The number of carbonyl (C=O) groups is 1. The molecule has 1 fully saturated rings. The summed E-state index contributed by atoms with van der Waals surface area (Å²) in [6.07, 6.45) is -0.584. The number of benzene rings is 1. The van der Waals surface area contributed by atoms with E-state index in [1.165, 1.54) is 13.2 Å². The molecule has 0 unspecified atom stereocenters. The van der Waals surface area contributed by atoms with Crippen LogP contribution in [0.4, 0.5) is 25.1 Å². The number of halogens is 2. The molecule has 0 spiro atoms. The summed E-state index contributed by atoms with van der Waals surface area (Å²) in [5.74, 6) is 1.26. The standard InChI is InChI=1S/C23H28F2N4O4/c1-14-11-20-19(12-16(14)21(24)25)28(7-10-33-20)22-17-13-27(23(30)31-2)6-3-18(17)29(26-22)15-4-8-32-9-5-15/h11-12,15,21H,3-10,13H2,1-2H3. The van der Waals surface area contributed by atoms with Gasteiger partial charge in [0.2, 0.25) is 0 Å². The molecule has 3 aliphatic rings. The molecule has 0 radical (unpaired) electrons. The topological polar surface area (TPSA) is 69.1 Å². The normalized spacial score (nSPS) is 18.7. The minimum Gasteiger partial charge on any atom is -0.490 e. The Labute approximate surface area is 191 Å². The third-order valence-corrected chi connectivity index (χ3v) is 6.74. The molecule has 0 atom stereocenters. The Morgan fingerprint density at radius 3 is 2.73 bits per heavy atom. The molecule has 0 aliphatic carbocycles. The maximum atomic E-state index is 13.7. The van der Waals surface area contributed by atoms with E-state index >= 15 is 0 Å². The molecule has 178 valence electrons. The van der Waals surface area contributed by atoms with E-state index in [4.69, 9.17) is 19.3 Å². The van der Waals surface area contributed by atoms with Crippen molar-refractivity contribution in [1.82, 2.24) is 14.7 Å². The summed E-state index contributed by atoms with van der Waals surface area (Å²) >= 11 is 0. The van der Waals surface area contributed by atoms with E-state index in [-0.39, 0.29) is 17.7 Å². The Hall–Kier alpha value is -2.88. The lowest BCUT2D eigenvalue weighted by molar-refractivity contribution is 0.0649. The number of methoxy groups -OCH3 is 1. The number of amides is 1. The first-order valence-electron chi connectivity index (χ1n) is 11.3. The van der Waals surface area contributed by atoms with E-state index in [2.05, 4.69) is 4.68 Å². The van der Waals surface area contributed by atoms with Crippen LogP contribution in [0.1, 0.15) is 47.7 Å². The van der Waals surface area contributed by atoms with Crippen LogP contribution in [0.15, 0.2) is 12.1 Å². The van der Waals surface area contributed by atoms with Crippen molar-refractivity contribution in [3.63, 3.8) is 0 Å². The van der Waals surface area contributed by atoms with Gasteiger partial charge in [0.05, 0.1) is 31.9 Å². The molecule has 1 saturated heterocycles. The zero-order valence-electron chi connectivity index (χ0n) is 18.9. The smallest absolute Gasteiger partial charge is 0.409 e. The van der Waals surface area contributed by atoms with Crippen LogP contribution >= 0.6 is 0 Å².